The van der Waals surface area contributed by atoms with Crippen LogP contribution in [0, 0.1) is 0 Å². The first-order chi connectivity index (χ1) is 5.11. The highest BCUT2D eigenvalue weighted by Gasteiger charge is 1.97. The van der Waals surface area contributed by atoms with Crippen molar-refractivity contribution in [3.8, 4) is 5.75 Å². The SMILES string of the molecule is Nc1ccc(S(=O)[O-])cc1O. The molecular weight excluding hydrogens is 166 g/mol. The smallest absolute Gasteiger partial charge is 0.139 e. The highest BCUT2D eigenvalue weighted by molar-refractivity contribution is 7.79. The van der Waals surface area contributed by atoms with Gasteiger partial charge < -0.3 is 15.4 Å². The molecule has 0 aliphatic rings. The molecule has 0 aromatic heterocycles. The van der Waals surface area contributed by atoms with Gasteiger partial charge in [0.05, 0.1) is 5.69 Å². The molecular formula is C6H6NO3S-. The quantitative estimate of drug-likeness (QED) is 0.360. The van der Waals surface area contributed by atoms with Crippen molar-refractivity contribution in [3.05, 3.63) is 18.2 Å². The molecule has 1 rings (SSSR count). The first kappa shape index (κ1) is 8.03. The Bertz CT molecular complexity index is 300. The average Bonchev–Trinajstić information content (AvgIpc) is 1.94. The van der Waals surface area contributed by atoms with Crippen LogP contribution >= 0.6 is 0 Å². The maximum atomic E-state index is 10.3. The fraction of sp³-hybridized carbons (Fsp3) is 0. The van der Waals surface area contributed by atoms with Gasteiger partial charge in [0, 0.05) is 4.90 Å². The molecule has 5 heteroatoms. The summed E-state index contributed by atoms with van der Waals surface area (Å²) in [6.07, 6.45) is 0. The molecule has 1 aromatic carbocycles. The molecule has 0 saturated carbocycles. The van der Waals surface area contributed by atoms with Gasteiger partial charge in [0.2, 0.25) is 0 Å². The molecule has 60 valence electrons. The van der Waals surface area contributed by atoms with E-state index in [0.717, 1.165) is 6.07 Å². The van der Waals surface area contributed by atoms with Crippen molar-refractivity contribution in [1.29, 1.82) is 0 Å². The summed E-state index contributed by atoms with van der Waals surface area (Å²) >= 11 is -2.31. The molecule has 0 amide bonds. The monoisotopic (exact) mass is 172 g/mol. The minimum absolute atomic E-state index is 0.0247. The molecule has 11 heavy (non-hydrogen) atoms. The van der Waals surface area contributed by atoms with Gasteiger partial charge in [-0.25, -0.2) is 0 Å². The second-order valence-electron chi connectivity index (χ2n) is 1.96. The summed E-state index contributed by atoms with van der Waals surface area (Å²) in [6.45, 7) is 0. The van der Waals surface area contributed by atoms with Crippen LogP contribution in [0.15, 0.2) is 23.1 Å². The third-order valence-corrected chi connectivity index (χ3v) is 1.83. The summed E-state index contributed by atoms with van der Waals surface area (Å²) in [5.41, 5.74) is 5.40. The first-order valence-electron chi connectivity index (χ1n) is 2.79. The molecule has 1 unspecified atom stereocenters. The number of benzene rings is 1. The number of rotatable bonds is 1. The van der Waals surface area contributed by atoms with Crippen molar-refractivity contribution in [2.45, 2.75) is 4.90 Å². The van der Waals surface area contributed by atoms with E-state index in [1.165, 1.54) is 12.1 Å². The van der Waals surface area contributed by atoms with Crippen LogP contribution in [0.3, 0.4) is 0 Å². The van der Waals surface area contributed by atoms with Crippen molar-refractivity contribution < 1.29 is 13.9 Å². The van der Waals surface area contributed by atoms with E-state index in [1.807, 2.05) is 0 Å². The van der Waals surface area contributed by atoms with E-state index in [1.54, 1.807) is 0 Å². The number of phenols is 1. The predicted molar refractivity (Wildman–Crippen MR) is 39.7 cm³/mol. The van der Waals surface area contributed by atoms with Gasteiger partial charge in [0.1, 0.15) is 5.75 Å². The Labute approximate surface area is 65.9 Å². The average molecular weight is 172 g/mol. The fourth-order valence-corrected chi connectivity index (χ4v) is 1.01. The zero-order valence-corrected chi connectivity index (χ0v) is 6.30. The highest BCUT2D eigenvalue weighted by Crippen LogP contribution is 2.21. The molecule has 0 radical (unpaired) electrons. The van der Waals surface area contributed by atoms with Crippen LogP contribution < -0.4 is 5.73 Å². The molecule has 0 fully saturated rings. The Morgan fingerprint density at radius 3 is 2.64 bits per heavy atom. The van der Waals surface area contributed by atoms with E-state index in [2.05, 4.69) is 0 Å². The number of phenolic OH excluding ortho intramolecular Hbond substituents is 1. The van der Waals surface area contributed by atoms with E-state index in [-0.39, 0.29) is 16.3 Å². The number of nitrogens with two attached hydrogens (primary N) is 1. The summed E-state index contributed by atoms with van der Waals surface area (Å²) < 4.78 is 20.6. The van der Waals surface area contributed by atoms with Gasteiger partial charge in [-0.3, -0.25) is 4.21 Å². The molecule has 0 saturated heterocycles. The maximum absolute atomic E-state index is 10.3. The zero-order valence-electron chi connectivity index (χ0n) is 5.48. The number of anilines is 1. The Balaban J connectivity index is 3.15. The third kappa shape index (κ3) is 1.69. The van der Waals surface area contributed by atoms with Crippen LogP contribution in [0.2, 0.25) is 0 Å². The molecule has 0 aliphatic heterocycles. The third-order valence-electron chi connectivity index (χ3n) is 1.19. The lowest BCUT2D eigenvalue weighted by atomic mass is 10.3. The summed E-state index contributed by atoms with van der Waals surface area (Å²) in [5.74, 6) is -0.216. The van der Waals surface area contributed by atoms with Crippen molar-refractivity contribution in [2.75, 3.05) is 5.73 Å². The summed E-state index contributed by atoms with van der Waals surface area (Å²) in [6, 6.07) is 3.75. The van der Waals surface area contributed by atoms with Crippen LogP contribution in [0.5, 0.6) is 5.75 Å². The number of aromatic hydroxyl groups is 1. The fourth-order valence-electron chi connectivity index (χ4n) is 0.627. The Morgan fingerprint density at radius 1 is 1.55 bits per heavy atom. The number of nitrogen functional groups attached to an aromatic ring is 1. The van der Waals surface area contributed by atoms with Gasteiger partial charge in [-0.1, -0.05) is 0 Å². The second kappa shape index (κ2) is 2.89. The van der Waals surface area contributed by atoms with E-state index < -0.39 is 11.1 Å². The molecule has 1 atom stereocenters. The number of hydrogen-bond acceptors (Lipinski definition) is 4. The number of hydrogen-bond donors (Lipinski definition) is 2. The maximum Gasteiger partial charge on any atom is 0.139 e. The zero-order chi connectivity index (χ0) is 8.43. The first-order valence-corrected chi connectivity index (χ1v) is 3.86. The molecule has 1 aromatic rings. The molecule has 0 heterocycles. The predicted octanol–water partition coefficient (Wildman–Crippen LogP) is 0.212. The molecule has 3 N–H and O–H groups in total. The van der Waals surface area contributed by atoms with E-state index >= 15 is 0 Å². The van der Waals surface area contributed by atoms with Gasteiger partial charge in [0.15, 0.2) is 0 Å². The normalized spacial score (nSPS) is 12.8. The van der Waals surface area contributed by atoms with Crippen LogP contribution in [-0.4, -0.2) is 13.9 Å². The summed E-state index contributed by atoms with van der Waals surface area (Å²) in [4.78, 5) is 0.0247. The Hall–Kier alpha value is -1.07. The topological polar surface area (TPSA) is 86.4 Å². The minimum Gasteiger partial charge on any atom is -0.768 e. The van der Waals surface area contributed by atoms with Gasteiger partial charge >= 0.3 is 0 Å². The highest BCUT2D eigenvalue weighted by atomic mass is 32.2. The lowest BCUT2D eigenvalue weighted by molar-refractivity contribution is 0.475. The summed E-state index contributed by atoms with van der Waals surface area (Å²) in [5, 5.41) is 8.95. The van der Waals surface area contributed by atoms with Crippen LogP contribution in [0.1, 0.15) is 0 Å². The second-order valence-corrected chi connectivity index (χ2v) is 2.90. The molecule has 0 bridgehead atoms. The van der Waals surface area contributed by atoms with E-state index in [4.69, 9.17) is 10.8 Å². The van der Waals surface area contributed by atoms with E-state index in [0.29, 0.717) is 0 Å². The van der Waals surface area contributed by atoms with Gasteiger partial charge in [-0.2, -0.15) is 0 Å². The molecule has 4 nitrogen and oxygen atoms in total. The van der Waals surface area contributed by atoms with Crippen molar-refractivity contribution in [1.82, 2.24) is 0 Å². The lowest BCUT2D eigenvalue weighted by Crippen LogP contribution is -1.90. The Kier molecular flexibility index (Phi) is 2.11. The summed E-state index contributed by atoms with van der Waals surface area (Å²) in [7, 11) is 0. The molecule has 0 spiro atoms. The van der Waals surface area contributed by atoms with E-state index in [9.17, 15) is 8.76 Å². The molecule has 0 aliphatic carbocycles. The van der Waals surface area contributed by atoms with Crippen molar-refractivity contribution >= 4 is 16.8 Å². The van der Waals surface area contributed by atoms with Gasteiger partial charge in [-0.05, 0) is 29.3 Å². The standard InChI is InChI=1S/C6H7NO3S/c7-5-2-1-4(11(9)10)3-6(5)8/h1-3,8H,7H2,(H,9,10)/p-1. The van der Waals surface area contributed by atoms with Crippen molar-refractivity contribution in [2.24, 2.45) is 0 Å². The van der Waals surface area contributed by atoms with Crippen LogP contribution in [-0.2, 0) is 11.1 Å². The van der Waals surface area contributed by atoms with Gasteiger partial charge in [-0.15, -0.1) is 0 Å². The van der Waals surface area contributed by atoms with Crippen molar-refractivity contribution in [3.63, 3.8) is 0 Å². The largest absolute Gasteiger partial charge is 0.768 e. The van der Waals surface area contributed by atoms with Crippen LogP contribution in [0.25, 0.3) is 0 Å². The lowest BCUT2D eigenvalue weighted by Gasteiger charge is -2.05. The van der Waals surface area contributed by atoms with Crippen LogP contribution in [0.4, 0.5) is 5.69 Å². The van der Waals surface area contributed by atoms with Gasteiger partial charge in [0.25, 0.3) is 0 Å². The Morgan fingerprint density at radius 2 is 2.18 bits per heavy atom. The minimum atomic E-state index is -2.31.